The summed E-state index contributed by atoms with van der Waals surface area (Å²) in [4.78, 5) is 73.4. The van der Waals surface area contributed by atoms with E-state index in [1.807, 2.05) is 0 Å². The zero-order chi connectivity index (χ0) is 24.6. The highest BCUT2D eigenvalue weighted by Crippen LogP contribution is 2.32. The molecule has 1 aromatic heterocycles. The number of hydrazine groups is 1. The van der Waals surface area contributed by atoms with Gasteiger partial charge in [0.05, 0.1) is 20.3 Å². The molecule has 170 valence electrons. The molecule has 2 aromatic carbocycles. The largest absolute Gasteiger partial charge is 0.291 e. The molecule has 3 aromatic rings. The van der Waals surface area contributed by atoms with E-state index in [1.165, 1.54) is 18.2 Å². The molecule has 13 heteroatoms. The topological polar surface area (TPSA) is 161 Å². The van der Waals surface area contributed by atoms with Gasteiger partial charge in [0.15, 0.2) is 5.78 Å². The molecule has 12 nitrogen and oxygen atoms in total. The van der Waals surface area contributed by atoms with Gasteiger partial charge in [0.2, 0.25) is 0 Å². The predicted molar refractivity (Wildman–Crippen MR) is 116 cm³/mol. The molecule has 0 saturated heterocycles. The average molecular weight is 480 g/mol. The molecule has 0 spiro atoms. The van der Waals surface area contributed by atoms with Crippen molar-refractivity contribution >= 4 is 46.2 Å². The van der Waals surface area contributed by atoms with Gasteiger partial charge in [0.1, 0.15) is 12.1 Å². The van der Waals surface area contributed by atoms with Crippen LogP contribution in [0.2, 0.25) is 0 Å². The van der Waals surface area contributed by atoms with Crippen LogP contribution in [0, 0.1) is 20.2 Å². The summed E-state index contributed by atoms with van der Waals surface area (Å²) in [6.45, 7) is -0.727. The van der Waals surface area contributed by atoms with Crippen molar-refractivity contribution in [2.75, 3.05) is 6.54 Å². The van der Waals surface area contributed by atoms with Crippen molar-refractivity contribution < 1.29 is 29.0 Å². The predicted octanol–water partition coefficient (Wildman–Crippen LogP) is 3.10. The van der Waals surface area contributed by atoms with Gasteiger partial charge >= 0.3 is 0 Å². The third-order valence-corrected chi connectivity index (χ3v) is 5.87. The lowest BCUT2D eigenvalue weighted by molar-refractivity contribution is -0.385. The van der Waals surface area contributed by atoms with E-state index in [4.69, 9.17) is 0 Å². The van der Waals surface area contributed by atoms with E-state index in [9.17, 15) is 39.4 Å². The molecule has 0 aliphatic carbocycles. The molecule has 3 amide bonds. The number of hydrogen-bond donors (Lipinski definition) is 0. The van der Waals surface area contributed by atoms with Crippen LogP contribution in [-0.4, -0.2) is 49.9 Å². The molecule has 4 rings (SSSR count). The summed E-state index contributed by atoms with van der Waals surface area (Å²) < 4.78 is 0. The lowest BCUT2D eigenvalue weighted by Crippen LogP contribution is -2.51. The van der Waals surface area contributed by atoms with Crippen molar-refractivity contribution in [3.8, 4) is 0 Å². The van der Waals surface area contributed by atoms with Crippen molar-refractivity contribution in [1.82, 2.24) is 10.0 Å². The van der Waals surface area contributed by atoms with Crippen LogP contribution in [-0.2, 0) is 0 Å². The Kier molecular flexibility index (Phi) is 5.69. The Hall–Kier alpha value is -4.78. The highest BCUT2D eigenvalue weighted by Gasteiger charge is 2.46. The van der Waals surface area contributed by atoms with Crippen molar-refractivity contribution in [2.24, 2.45) is 0 Å². The van der Waals surface area contributed by atoms with Crippen LogP contribution in [0.25, 0.3) is 0 Å². The van der Waals surface area contributed by atoms with Gasteiger partial charge in [-0.25, -0.2) is 5.01 Å². The minimum atomic E-state index is -1.14. The Morgan fingerprint density at radius 1 is 0.912 bits per heavy atom. The van der Waals surface area contributed by atoms with Gasteiger partial charge in [-0.2, -0.15) is 5.01 Å². The summed E-state index contributed by atoms with van der Waals surface area (Å²) in [6.07, 6.45) is 0. The van der Waals surface area contributed by atoms with E-state index in [0.29, 0.717) is 10.0 Å². The second-order valence-corrected chi connectivity index (χ2v) is 7.89. The van der Waals surface area contributed by atoms with Crippen LogP contribution >= 0.6 is 11.3 Å². The summed E-state index contributed by atoms with van der Waals surface area (Å²) in [5.41, 5.74) is -1.85. The maximum atomic E-state index is 13.3. The minimum Gasteiger partial charge on any atom is -0.291 e. The van der Waals surface area contributed by atoms with E-state index in [2.05, 4.69) is 0 Å². The number of fused-ring (bicyclic) bond motifs is 1. The molecule has 1 aliphatic heterocycles. The zero-order valence-electron chi connectivity index (χ0n) is 16.9. The first-order valence-corrected chi connectivity index (χ1v) is 10.4. The van der Waals surface area contributed by atoms with E-state index in [0.717, 1.165) is 41.7 Å². The van der Waals surface area contributed by atoms with Crippen molar-refractivity contribution in [2.45, 2.75) is 0 Å². The third-order valence-electron chi connectivity index (χ3n) is 4.96. The van der Waals surface area contributed by atoms with Crippen molar-refractivity contribution in [3.63, 3.8) is 0 Å². The summed E-state index contributed by atoms with van der Waals surface area (Å²) >= 11 is 1.08. The van der Waals surface area contributed by atoms with Gasteiger partial charge in [-0.3, -0.25) is 39.4 Å². The van der Waals surface area contributed by atoms with Crippen LogP contribution in [0.15, 0.2) is 60.0 Å². The number of amides is 3. The molecule has 2 heterocycles. The Labute approximate surface area is 193 Å². The first-order chi connectivity index (χ1) is 16.2. The molecule has 34 heavy (non-hydrogen) atoms. The molecule has 1 aliphatic rings. The maximum absolute atomic E-state index is 13.3. The Morgan fingerprint density at radius 3 is 2.21 bits per heavy atom. The third kappa shape index (κ3) is 3.80. The summed E-state index contributed by atoms with van der Waals surface area (Å²) in [7, 11) is 0. The number of non-ortho nitro benzene ring substituents is 1. The van der Waals surface area contributed by atoms with Crippen LogP contribution in [0.5, 0.6) is 0 Å². The number of nitrogens with zero attached hydrogens (tertiary/aromatic N) is 4. The van der Waals surface area contributed by atoms with Crippen molar-refractivity contribution in [1.29, 1.82) is 0 Å². The van der Waals surface area contributed by atoms with E-state index < -0.39 is 51.1 Å². The number of hydrogen-bond acceptors (Lipinski definition) is 9. The van der Waals surface area contributed by atoms with Crippen LogP contribution in [0.1, 0.15) is 40.7 Å². The standard InChI is InChI=1S/C21H12N4O8S/c26-16(17-5-2-10-34-17)11-22(19(27)12-6-8-13(9-7-12)24(30)31)23-20(28)14-3-1-4-15(25(32)33)18(14)21(23)29/h1-10H,11H2. The Morgan fingerprint density at radius 2 is 1.62 bits per heavy atom. The monoisotopic (exact) mass is 480 g/mol. The average Bonchev–Trinajstić information content (AvgIpc) is 3.45. The first-order valence-electron chi connectivity index (χ1n) is 9.50. The molecule has 0 saturated carbocycles. The summed E-state index contributed by atoms with van der Waals surface area (Å²) in [5, 5.41) is 24.9. The lowest BCUT2D eigenvalue weighted by Gasteiger charge is -2.29. The molecular weight excluding hydrogens is 468 g/mol. The minimum absolute atomic E-state index is 0.143. The number of carbonyl (C=O) groups excluding carboxylic acids is 4. The first kappa shape index (κ1) is 22.4. The van der Waals surface area contributed by atoms with E-state index >= 15 is 0 Å². The van der Waals surface area contributed by atoms with E-state index in [-0.39, 0.29) is 21.7 Å². The number of carbonyl (C=O) groups is 4. The second kappa shape index (κ2) is 8.63. The molecule has 0 unspecified atom stereocenters. The highest BCUT2D eigenvalue weighted by atomic mass is 32.1. The quantitative estimate of drug-likeness (QED) is 0.216. The van der Waals surface area contributed by atoms with Gasteiger partial charge < -0.3 is 0 Å². The number of nitro groups is 2. The SMILES string of the molecule is O=C(CN(C(=O)c1ccc([N+](=O)[O-])cc1)N1C(=O)c2cccc([N+](=O)[O-])c2C1=O)c1cccs1. The van der Waals surface area contributed by atoms with Gasteiger partial charge in [-0.15, -0.1) is 11.3 Å². The maximum Gasteiger partial charge on any atom is 0.287 e. The van der Waals surface area contributed by atoms with Gasteiger partial charge in [-0.05, 0) is 29.6 Å². The molecule has 0 atom stereocenters. The molecule has 0 bridgehead atoms. The fourth-order valence-corrected chi connectivity index (χ4v) is 4.04. The normalized spacial score (nSPS) is 12.4. The Bertz CT molecular complexity index is 1370. The van der Waals surface area contributed by atoms with Gasteiger partial charge in [0, 0.05) is 23.8 Å². The molecule has 0 radical (unpaired) electrons. The van der Waals surface area contributed by atoms with Gasteiger partial charge in [0.25, 0.3) is 29.1 Å². The van der Waals surface area contributed by atoms with Crippen LogP contribution < -0.4 is 0 Å². The van der Waals surface area contributed by atoms with Crippen LogP contribution in [0.3, 0.4) is 0 Å². The second-order valence-electron chi connectivity index (χ2n) is 6.95. The number of benzene rings is 2. The number of ketones is 1. The van der Waals surface area contributed by atoms with Crippen LogP contribution in [0.4, 0.5) is 11.4 Å². The number of Topliss-reactive ketones (excluding diaryl/α,β-unsaturated/α-hetero) is 1. The van der Waals surface area contributed by atoms with Gasteiger partial charge in [-0.1, -0.05) is 12.1 Å². The Balaban J connectivity index is 1.77. The number of thiophene rings is 1. The molecule has 0 fully saturated rings. The molecule has 0 N–H and O–H groups in total. The number of rotatable bonds is 7. The smallest absolute Gasteiger partial charge is 0.287 e. The zero-order valence-corrected chi connectivity index (χ0v) is 17.8. The summed E-state index contributed by atoms with van der Waals surface area (Å²) in [6, 6.07) is 10.9. The fourth-order valence-electron chi connectivity index (χ4n) is 3.39. The highest BCUT2D eigenvalue weighted by molar-refractivity contribution is 7.12. The van der Waals surface area contributed by atoms with E-state index in [1.54, 1.807) is 11.4 Å². The number of nitro benzene ring substituents is 2. The number of imide groups is 1. The molecular formula is C21H12N4O8S. The summed E-state index contributed by atoms with van der Waals surface area (Å²) in [5.74, 6) is -3.72. The fraction of sp³-hybridized carbons (Fsp3) is 0.0476. The lowest BCUT2D eigenvalue weighted by atomic mass is 10.1. The van der Waals surface area contributed by atoms with Crippen molar-refractivity contribution in [3.05, 3.63) is 102 Å².